The number of halogens is 1. The van der Waals surface area contributed by atoms with Gasteiger partial charge < -0.3 is 9.15 Å². The lowest BCUT2D eigenvalue weighted by Crippen LogP contribution is -2.39. The van der Waals surface area contributed by atoms with Gasteiger partial charge in [0.25, 0.3) is 5.69 Å². The van der Waals surface area contributed by atoms with Crippen molar-refractivity contribution in [3.63, 3.8) is 0 Å². The predicted octanol–water partition coefficient (Wildman–Crippen LogP) is 4.33. The van der Waals surface area contributed by atoms with Gasteiger partial charge in [0, 0.05) is 17.7 Å². The number of nitro groups is 1. The summed E-state index contributed by atoms with van der Waals surface area (Å²) in [5, 5.41) is 11.9. The molecule has 2 aliphatic heterocycles. The van der Waals surface area contributed by atoms with Crippen LogP contribution in [-0.4, -0.2) is 39.2 Å². The van der Waals surface area contributed by atoms with Crippen LogP contribution in [0.25, 0.3) is 11.3 Å². The largest absolute Gasteiger partial charge is 0.463 e. The van der Waals surface area contributed by atoms with E-state index in [2.05, 4.69) is 4.99 Å². The van der Waals surface area contributed by atoms with Gasteiger partial charge in [0.05, 0.1) is 33.6 Å². The molecular formula is C20H16ClN3O6S. The quantitative estimate of drug-likeness (QED) is 0.369. The Bertz CT molecular complexity index is 1170. The van der Waals surface area contributed by atoms with Crippen LogP contribution < -0.4 is 0 Å². The van der Waals surface area contributed by atoms with Crippen molar-refractivity contribution >= 4 is 46.1 Å². The number of nitro benzene ring substituents is 1. The van der Waals surface area contributed by atoms with Crippen LogP contribution in [-0.2, 0) is 14.3 Å². The third-order valence-corrected chi connectivity index (χ3v) is 6.07. The fourth-order valence-corrected chi connectivity index (χ4v) is 4.59. The summed E-state index contributed by atoms with van der Waals surface area (Å²) in [5.41, 5.74) is 0.821. The molecule has 2 aromatic rings. The highest BCUT2D eigenvalue weighted by Crippen LogP contribution is 2.43. The van der Waals surface area contributed by atoms with Crippen LogP contribution in [0.1, 0.15) is 25.6 Å². The third-order valence-electron chi connectivity index (χ3n) is 4.80. The van der Waals surface area contributed by atoms with Gasteiger partial charge in [-0.3, -0.25) is 19.8 Å². The van der Waals surface area contributed by atoms with Gasteiger partial charge in [-0.2, -0.15) is 0 Å². The number of carbonyl (C=O) groups excluding carboxylic acids is 2. The van der Waals surface area contributed by atoms with Crippen molar-refractivity contribution in [3.05, 3.63) is 62.5 Å². The van der Waals surface area contributed by atoms with E-state index in [-0.39, 0.29) is 40.3 Å². The summed E-state index contributed by atoms with van der Waals surface area (Å²) in [6, 6.07) is 6.36. The molecule has 4 rings (SSSR count). The molecule has 1 fully saturated rings. The van der Waals surface area contributed by atoms with Crippen molar-refractivity contribution in [1.82, 2.24) is 4.90 Å². The summed E-state index contributed by atoms with van der Waals surface area (Å²) in [6.45, 7) is 3.52. The maximum absolute atomic E-state index is 12.7. The summed E-state index contributed by atoms with van der Waals surface area (Å²) < 4.78 is 11.2. The van der Waals surface area contributed by atoms with E-state index in [1.807, 2.05) is 0 Å². The van der Waals surface area contributed by atoms with Gasteiger partial charge in [-0.1, -0.05) is 23.4 Å². The Morgan fingerprint density at radius 2 is 2.19 bits per heavy atom. The molecule has 0 bridgehead atoms. The summed E-state index contributed by atoms with van der Waals surface area (Å²) >= 11 is 7.51. The fraction of sp³-hybridized carbons (Fsp3) is 0.250. The molecule has 1 atom stereocenters. The zero-order chi connectivity index (χ0) is 22.3. The maximum atomic E-state index is 12.7. The number of fused-ring (bicyclic) bond motifs is 1. The lowest BCUT2D eigenvalue weighted by molar-refractivity contribution is -0.384. The summed E-state index contributed by atoms with van der Waals surface area (Å²) in [5.74, 6) is -0.0439. The molecule has 0 N–H and O–H groups in total. The maximum Gasteiger partial charge on any atom is 0.338 e. The van der Waals surface area contributed by atoms with Crippen LogP contribution in [0.15, 0.2) is 51.0 Å². The normalized spacial score (nSPS) is 18.2. The van der Waals surface area contributed by atoms with Crippen molar-refractivity contribution in [2.24, 2.45) is 4.99 Å². The van der Waals surface area contributed by atoms with E-state index in [1.165, 1.54) is 34.9 Å². The van der Waals surface area contributed by atoms with Gasteiger partial charge in [0.15, 0.2) is 5.17 Å². The Hall–Kier alpha value is -3.11. The monoisotopic (exact) mass is 461 g/mol. The molecule has 1 saturated heterocycles. The summed E-state index contributed by atoms with van der Waals surface area (Å²) in [6.07, 6.45) is 0. The number of ether oxygens (including phenoxy) is 1. The molecule has 0 unspecified atom stereocenters. The molecule has 9 nitrogen and oxygen atoms in total. The number of thioether (sulfide) groups is 1. The number of hydrogen-bond acceptors (Lipinski definition) is 8. The van der Waals surface area contributed by atoms with Crippen molar-refractivity contribution in [3.8, 4) is 11.3 Å². The smallest absolute Gasteiger partial charge is 0.338 e. The predicted molar refractivity (Wildman–Crippen MR) is 115 cm³/mol. The van der Waals surface area contributed by atoms with Gasteiger partial charge >= 0.3 is 5.97 Å². The molecule has 0 spiro atoms. The number of amidine groups is 1. The first kappa shape index (κ1) is 21.1. The minimum atomic E-state index is -0.861. The lowest BCUT2D eigenvalue weighted by atomic mass is 10.00. The molecule has 3 heterocycles. The van der Waals surface area contributed by atoms with E-state index < -0.39 is 16.9 Å². The Morgan fingerprint density at radius 1 is 1.42 bits per heavy atom. The van der Waals surface area contributed by atoms with Gasteiger partial charge in [-0.25, -0.2) is 9.79 Å². The van der Waals surface area contributed by atoms with Gasteiger partial charge in [-0.15, -0.1) is 0 Å². The minimum Gasteiger partial charge on any atom is -0.463 e. The molecule has 160 valence electrons. The van der Waals surface area contributed by atoms with Gasteiger partial charge in [-0.05, 0) is 32.0 Å². The number of non-ortho nitro benzene ring substituents is 1. The molecule has 1 aromatic carbocycles. The number of rotatable bonds is 5. The first-order chi connectivity index (χ1) is 14.8. The highest BCUT2D eigenvalue weighted by molar-refractivity contribution is 8.15. The van der Waals surface area contributed by atoms with E-state index in [0.29, 0.717) is 22.2 Å². The van der Waals surface area contributed by atoms with E-state index in [9.17, 15) is 19.7 Å². The summed E-state index contributed by atoms with van der Waals surface area (Å²) in [7, 11) is 0. The summed E-state index contributed by atoms with van der Waals surface area (Å²) in [4.78, 5) is 41.7. The zero-order valence-corrected chi connectivity index (χ0v) is 18.0. The number of benzene rings is 1. The average molecular weight is 462 g/mol. The molecule has 31 heavy (non-hydrogen) atoms. The first-order valence-electron chi connectivity index (χ1n) is 9.27. The number of aliphatic imine (C=N–C) groups is 1. The highest BCUT2D eigenvalue weighted by Gasteiger charge is 2.44. The number of hydrogen-bond donors (Lipinski definition) is 0. The zero-order valence-electron chi connectivity index (χ0n) is 16.5. The molecule has 0 radical (unpaired) electrons. The first-order valence-corrected chi connectivity index (χ1v) is 10.6. The molecule has 1 aromatic heterocycles. The van der Waals surface area contributed by atoms with Crippen molar-refractivity contribution in [2.75, 3.05) is 12.4 Å². The lowest BCUT2D eigenvalue weighted by Gasteiger charge is -2.31. The Balaban J connectivity index is 1.81. The van der Waals surface area contributed by atoms with Crippen LogP contribution in [0.3, 0.4) is 0 Å². The van der Waals surface area contributed by atoms with Crippen molar-refractivity contribution < 1.29 is 23.7 Å². The van der Waals surface area contributed by atoms with Gasteiger partial charge in [0.1, 0.15) is 17.6 Å². The number of furan rings is 1. The van der Waals surface area contributed by atoms with E-state index in [0.717, 1.165) is 0 Å². The van der Waals surface area contributed by atoms with Crippen LogP contribution in [0.5, 0.6) is 0 Å². The topological polar surface area (TPSA) is 115 Å². The van der Waals surface area contributed by atoms with E-state index >= 15 is 0 Å². The van der Waals surface area contributed by atoms with Gasteiger partial charge in [0.2, 0.25) is 5.91 Å². The second kappa shape index (κ2) is 8.20. The van der Waals surface area contributed by atoms with Crippen molar-refractivity contribution in [1.29, 1.82) is 0 Å². The third kappa shape index (κ3) is 3.72. The highest BCUT2D eigenvalue weighted by atomic mass is 35.5. The van der Waals surface area contributed by atoms with Crippen LogP contribution in [0.4, 0.5) is 5.69 Å². The minimum absolute atomic E-state index is 0.140. The molecule has 11 heteroatoms. The van der Waals surface area contributed by atoms with E-state index in [4.69, 9.17) is 20.8 Å². The molecule has 0 aliphatic carbocycles. The molecule has 0 saturated carbocycles. The SMILES string of the molecule is CCOC(=O)C1=C(C)N=C2SCC(=O)N2[C@H]1c1ccc(-c2cc([N+](=O)[O-])ccc2Cl)o1. The van der Waals surface area contributed by atoms with Crippen LogP contribution in [0.2, 0.25) is 5.02 Å². The standard InChI is InChI=1S/C20H16ClN3O6S/c1-3-29-19(26)17-10(2)22-20-23(16(25)9-31-20)18(17)15-7-6-14(30-15)12-8-11(24(27)28)4-5-13(12)21/h4-8,18H,3,9H2,1-2H3/t18-/m0/s1. The van der Waals surface area contributed by atoms with Crippen LogP contribution >= 0.6 is 23.4 Å². The number of nitrogens with zero attached hydrogens (tertiary/aromatic N) is 3. The Morgan fingerprint density at radius 3 is 2.90 bits per heavy atom. The number of allylic oxidation sites excluding steroid dienone is 1. The average Bonchev–Trinajstić information content (AvgIpc) is 3.34. The fourth-order valence-electron chi connectivity index (χ4n) is 3.44. The Labute approximate surface area is 185 Å². The number of esters is 1. The second-order valence-corrected chi connectivity index (χ2v) is 8.04. The number of amides is 1. The van der Waals surface area contributed by atoms with Crippen molar-refractivity contribution in [2.45, 2.75) is 19.9 Å². The second-order valence-electron chi connectivity index (χ2n) is 6.69. The molecule has 2 aliphatic rings. The molecular weight excluding hydrogens is 446 g/mol. The van der Waals surface area contributed by atoms with Crippen LogP contribution in [0, 0.1) is 10.1 Å². The Kier molecular flexibility index (Phi) is 5.59. The molecule has 1 amide bonds. The number of carbonyl (C=O) groups is 2. The van der Waals surface area contributed by atoms with E-state index in [1.54, 1.807) is 26.0 Å².